The average Bonchev–Trinajstić information content (AvgIpc) is 3.00. The van der Waals surface area contributed by atoms with Crippen molar-refractivity contribution in [3.05, 3.63) is 57.6 Å². The molecular formula is C42H64N2O8. The first-order valence-corrected chi connectivity index (χ1v) is 18.4. The number of esters is 2. The third kappa shape index (κ3) is 13.8. The molecule has 52 heavy (non-hydrogen) atoms. The minimum absolute atomic E-state index is 0.0650. The van der Waals surface area contributed by atoms with Crippen LogP contribution in [-0.4, -0.2) is 60.3 Å². The van der Waals surface area contributed by atoms with Crippen molar-refractivity contribution in [1.29, 1.82) is 0 Å². The molecule has 0 aliphatic carbocycles. The van der Waals surface area contributed by atoms with Crippen molar-refractivity contribution < 1.29 is 38.9 Å². The maximum absolute atomic E-state index is 12.2. The Bertz CT molecular complexity index is 1380. The second-order valence-corrected chi connectivity index (χ2v) is 17.7. The molecule has 2 aromatic carbocycles. The zero-order valence-electron chi connectivity index (χ0n) is 33.7. The Morgan fingerprint density at radius 3 is 1.04 bits per heavy atom. The van der Waals surface area contributed by atoms with Gasteiger partial charge in [-0.05, 0) is 80.7 Å². The number of phenols is 2. The third-order valence-corrected chi connectivity index (χ3v) is 8.75. The van der Waals surface area contributed by atoms with Gasteiger partial charge in [0.15, 0.2) is 0 Å². The summed E-state index contributed by atoms with van der Waals surface area (Å²) in [5, 5.41) is 26.6. The lowest BCUT2D eigenvalue weighted by atomic mass is 9.78. The van der Waals surface area contributed by atoms with E-state index in [0.29, 0.717) is 37.2 Å². The summed E-state index contributed by atoms with van der Waals surface area (Å²) in [6.07, 6.45) is 2.34. The van der Waals surface area contributed by atoms with E-state index >= 15 is 0 Å². The van der Waals surface area contributed by atoms with Crippen molar-refractivity contribution in [1.82, 2.24) is 10.6 Å². The topological polar surface area (TPSA) is 151 Å². The number of aryl methyl sites for hydroxylation is 2. The maximum Gasteiger partial charge on any atom is 0.309 e. The Labute approximate surface area is 311 Å². The van der Waals surface area contributed by atoms with Crippen molar-refractivity contribution in [2.24, 2.45) is 0 Å². The van der Waals surface area contributed by atoms with Crippen LogP contribution in [0.2, 0.25) is 0 Å². The monoisotopic (exact) mass is 724 g/mol. The smallest absolute Gasteiger partial charge is 0.309 e. The van der Waals surface area contributed by atoms with Gasteiger partial charge < -0.3 is 30.3 Å². The SMILES string of the molecule is CC(C)(C)c1cc(CCCOC(=O)CCNC(=O)C(=O)NCCC(=O)OCCCc2cc(C(C)(C)C)c(O)c(C(C)(C)C)c2)cc(C(C)(C)C)c1O. The Balaban J connectivity index is 1.68. The molecule has 0 aromatic heterocycles. The van der Waals surface area contributed by atoms with Crippen molar-refractivity contribution >= 4 is 23.8 Å². The summed E-state index contributed by atoms with van der Waals surface area (Å²) in [5.41, 5.74) is 4.73. The van der Waals surface area contributed by atoms with Crippen molar-refractivity contribution in [2.75, 3.05) is 26.3 Å². The lowest BCUT2D eigenvalue weighted by Crippen LogP contribution is -2.41. The highest BCUT2D eigenvalue weighted by atomic mass is 16.5. The molecule has 4 N–H and O–H groups in total. The first-order valence-electron chi connectivity index (χ1n) is 18.4. The Hall–Kier alpha value is -4.08. The predicted octanol–water partition coefficient (Wildman–Crippen LogP) is 6.95. The number of aromatic hydroxyl groups is 2. The van der Waals surface area contributed by atoms with Crippen LogP contribution in [0.5, 0.6) is 11.5 Å². The minimum atomic E-state index is -0.907. The predicted molar refractivity (Wildman–Crippen MR) is 205 cm³/mol. The third-order valence-electron chi connectivity index (χ3n) is 8.75. The molecular weight excluding hydrogens is 660 g/mol. The molecule has 2 rings (SSSR count). The highest BCUT2D eigenvalue weighted by molar-refractivity contribution is 6.35. The lowest BCUT2D eigenvalue weighted by Gasteiger charge is -2.28. The van der Waals surface area contributed by atoms with Crippen LogP contribution < -0.4 is 10.6 Å². The van der Waals surface area contributed by atoms with Gasteiger partial charge >= 0.3 is 23.8 Å². The Kier molecular flexibility index (Phi) is 15.3. The van der Waals surface area contributed by atoms with E-state index in [1.807, 2.05) is 24.3 Å². The number of hydrogen-bond acceptors (Lipinski definition) is 8. The Morgan fingerprint density at radius 2 is 0.788 bits per heavy atom. The van der Waals surface area contributed by atoms with Gasteiger partial charge in [-0.3, -0.25) is 19.2 Å². The maximum atomic E-state index is 12.2. The van der Waals surface area contributed by atoms with E-state index in [2.05, 4.69) is 93.7 Å². The van der Waals surface area contributed by atoms with Crippen molar-refractivity contribution in [3.63, 3.8) is 0 Å². The van der Waals surface area contributed by atoms with Crippen LogP contribution in [0.4, 0.5) is 0 Å². The summed E-state index contributed by atoms with van der Waals surface area (Å²) in [7, 11) is 0. The van der Waals surface area contributed by atoms with Gasteiger partial charge in [0.2, 0.25) is 0 Å². The fourth-order valence-corrected chi connectivity index (χ4v) is 5.75. The summed E-state index contributed by atoms with van der Waals surface area (Å²) in [4.78, 5) is 48.7. The van der Waals surface area contributed by atoms with Gasteiger partial charge in [-0.1, -0.05) is 107 Å². The molecule has 0 saturated heterocycles. The molecule has 0 heterocycles. The number of rotatable bonds is 14. The molecule has 10 heteroatoms. The number of hydrogen-bond donors (Lipinski definition) is 4. The molecule has 290 valence electrons. The van der Waals surface area contributed by atoms with Gasteiger partial charge in [-0.25, -0.2) is 0 Å². The number of amides is 2. The zero-order chi connectivity index (χ0) is 39.7. The largest absolute Gasteiger partial charge is 0.507 e. The molecule has 0 bridgehead atoms. The average molecular weight is 725 g/mol. The quantitative estimate of drug-likeness (QED) is 0.0929. The fraction of sp³-hybridized carbons (Fsp3) is 0.619. The van der Waals surface area contributed by atoms with Gasteiger partial charge in [0, 0.05) is 13.1 Å². The number of nitrogens with one attached hydrogen (secondary N) is 2. The van der Waals surface area contributed by atoms with Crippen LogP contribution in [0.1, 0.15) is 142 Å². The molecule has 0 saturated carbocycles. The first kappa shape index (κ1) is 44.1. The van der Waals surface area contributed by atoms with Crippen LogP contribution >= 0.6 is 0 Å². The summed E-state index contributed by atoms with van der Waals surface area (Å²) >= 11 is 0. The lowest BCUT2D eigenvalue weighted by molar-refractivity contribution is -0.145. The van der Waals surface area contributed by atoms with E-state index in [9.17, 15) is 29.4 Å². The molecule has 0 atom stereocenters. The number of phenolic OH excluding ortho intramolecular Hbond substituents is 2. The number of ether oxygens (including phenoxy) is 2. The van der Waals surface area contributed by atoms with E-state index < -0.39 is 23.8 Å². The molecule has 0 radical (unpaired) electrons. The molecule has 10 nitrogen and oxygen atoms in total. The highest BCUT2D eigenvalue weighted by Gasteiger charge is 2.28. The second kappa shape index (κ2) is 18.1. The molecule has 0 unspecified atom stereocenters. The van der Waals surface area contributed by atoms with Gasteiger partial charge in [0.05, 0.1) is 26.1 Å². The Morgan fingerprint density at radius 1 is 0.519 bits per heavy atom. The van der Waals surface area contributed by atoms with E-state index in [0.717, 1.165) is 33.4 Å². The normalized spacial score (nSPS) is 12.3. The summed E-state index contributed by atoms with van der Waals surface area (Å²) in [6.45, 7) is 25.0. The van der Waals surface area contributed by atoms with Crippen molar-refractivity contribution in [2.45, 2.75) is 143 Å². The molecule has 0 aliphatic rings. The second-order valence-electron chi connectivity index (χ2n) is 17.7. The van der Waals surface area contributed by atoms with Crippen LogP contribution in [0.3, 0.4) is 0 Å². The molecule has 2 aromatic rings. The number of carbonyl (C=O) groups excluding carboxylic acids is 4. The molecule has 0 fully saturated rings. The van der Waals surface area contributed by atoms with Gasteiger partial charge in [-0.2, -0.15) is 0 Å². The molecule has 2 amide bonds. The van der Waals surface area contributed by atoms with Crippen molar-refractivity contribution in [3.8, 4) is 11.5 Å². The fourth-order valence-electron chi connectivity index (χ4n) is 5.75. The summed E-state index contributed by atoms with van der Waals surface area (Å²) in [5.74, 6) is -2.14. The minimum Gasteiger partial charge on any atom is -0.507 e. The van der Waals surface area contributed by atoms with Crippen LogP contribution in [0.25, 0.3) is 0 Å². The summed E-state index contributed by atoms with van der Waals surface area (Å²) < 4.78 is 10.6. The van der Waals surface area contributed by atoms with E-state index in [4.69, 9.17) is 9.47 Å². The highest BCUT2D eigenvalue weighted by Crippen LogP contribution is 2.41. The number of benzene rings is 2. The van der Waals surface area contributed by atoms with Gasteiger partial charge in [0.25, 0.3) is 0 Å². The van der Waals surface area contributed by atoms with Crippen LogP contribution in [0.15, 0.2) is 24.3 Å². The van der Waals surface area contributed by atoms with Crippen LogP contribution in [-0.2, 0) is 63.2 Å². The van der Waals surface area contributed by atoms with Gasteiger partial charge in [0.1, 0.15) is 11.5 Å². The zero-order valence-corrected chi connectivity index (χ0v) is 33.7. The van der Waals surface area contributed by atoms with E-state index in [1.54, 1.807) is 0 Å². The standard InChI is InChI=1S/C42H64N2O8/c1-39(2,3)29-23-27(24-30(35(29)47)40(4,5)6)15-13-21-51-33(45)17-19-43-37(49)38(50)44-20-18-34(46)52-22-14-16-28-25-31(41(7,8)9)36(48)32(26-28)42(10,11)12/h23-26,47-48H,13-22H2,1-12H3,(H,43,49)(H,44,50). The first-order chi connectivity index (χ1) is 23.8. The van der Waals surface area contributed by atoms with E-state index in [-0.39, 0.29) is 60.8 Å². The van der Waals surface area contributed by atoms with E-state index in [1.165, 1.54) is 0 Å². The van der Waals surface area contributed by atoms with Gasteiger partial charge in [-0.15, -0.1) is 0 Å². The number of carbonyl (C=O) groups is 4. The summed E-state index contributed by atoms with van der Waals surface area (Å²) in [6, 6.07) is 8.06. The molecule has 0 spiro atoms. The van der Waals surface area contributed by atoms with Crippen LogP contribution in [0, 0.1) is 0 Å². The molecule has 0 aliphatic heterocycles.